The summed E-state index contributed by atoms with van der Waals surface area (Å²) >= 11 is 0. The highest BCUT2D eigenvalue weighted by Gasteiger charge is 2.09. The van der Waals surface area contributed by atoms with Crippen molar-refractivity contribution in [2.45, 2.75) is 12.8 Å². The van der Waals surface area contributed by atoms with Crippen LogP contribution in [0.4, 0.5) is 4.39 Å². The van der Waals surface area contributed by atoms with Crippen molar-refractivity contribution in [3.05, 3.63) is 65.5 Å². The van der Waals surface area contributed by atoms with Crippen molar-refractivity contribution < 1.29 is 23.5 Å². The second kappa shape index (κ2) is 9.42. The highest BCUT2D eigenvalue weighted by atomic mass is 19.1. The molecule has 1 N–H and O–H groups in total. The van der Waals surface area contributed by atoms with E-state index in [-0.39, 0.29) is 18.9 Å². The molecule has 25 heavy (non-hydrogen) atoms. The fraction of sp³-hybridized carbons (Fsp3) is 0.263. The smallest absolute Gasteiger partial charge is 0.310 e. The lowest BCUT2D eigenvalue weighted by molar-refractivity contribution is -0.147. The average molecular weight is 345 g/mol. The largest absolute Gasteiger partial charge is 0.496 e. The maximum Gasteiger partial charge on any atom is 0.310 e. The number of carbonyl (C=O) groups excluding carboxylic acids is 2. The molecule has 0 spiro atoms. The van der Waals surface area contributed by atoms with E-state index in [1.807, 2.05) is 24.3 Å². The molecule has 0 saturated carbocycles. The van der Waals surface area contributed by atoms with Crippen molar-refractivity contribution in [2.75, 3.05) is 20.3 Å². The van der Waals surface area contributed by atoms with E-state index < -0.39 is 11.8 Å². The molecule has 0 aliphatic rings. The molecule has 0 aliphatic heterocycles. The normalized spacial score (nSPS) is 10.2. The maximum absolute atomic E-state index is 13.0. The van der Waals surface area contributed by atoms with Crippen LogP contribution >= 0.6 is 0 Å². The fourth-order valence-electron chi connectivity index (χ4n) is 2.31. The van der Waals surface area contributed by atoms with Gasteiger partial charge in [0.15, 0.2) is 6.61 Å². The number of halogens is 1. The van der Waals surface area contributed by atoms with E-state index in [9.17, 15) is 14.0 Å². The molecule has 2 rings (SSSR count). The molecule has 0 radical (unpaired) electrons. The van der Waals surface area contributed by atoms with Crippen LogP contribution in [0.15, 0.2) is 48.5 Å². The molecule has 132 valence electrons. The van der Waals surface area contributed by atoms with Crippen molar-refractivity contribution in [3.63, 3.8) is 0 Å². The van der Waals surface area contributed by atoms with Crippen molar-refractivity contribution in [1.82, 2.24) is 5.32 Å². The van der Waals surface area contributed by atoms with E-state index in [0.717, 1.165) is 11.3 Å². The summed E-state index contributed by atoms with van der Waals surface area (Å²) in [5.41, 5.74) is 1.48. The molecule has 2 aromatic carbocycles. The Morgan fingerprint density at radius 1 is 1.12 bits per heavy atom. The van der Waals surface area contributed by atoms with Gasteiger partial charge in [-0.3, -0.25) is 9.59 Å². The first kappa shape index (κ1) is 18.4. The van der Waals surface area contributed by atoms with Crippen LogP contribution in [0.25, 0.3) is 0 Å². The SMILES string of the molecule is COc1ccccc1CCNC(=O)COC(=O)Cc1cccc(F)c1. The average Bonchev–Trinajstić information content (AvgIpc) is 2.60. The number of benzene rings is 2. The lowest BCUT2D eigenvalue weighted by Gasteiger charge is -2.09. The van der Waals surface area contributed by atoms with Crippen molar-refractivity contribution in [3.8, 4) is 5.75 Å². The zero-order chi connectivity index (χ0) is 18.1. The van der Waals surface area contributed by atoms with Gasteiger partial charge in [-0.1, -0.05) is 30.3 Å². The van der Waals surface area contributed by atoms with Crippen LogP contribution in [0.3, 0.4) is 0 Å². The first-order chi connectivity index (χ1) is 12.1. The van der Waals surface area contributed by atoms with Crippen LogP contribution in [0.5, 0.6) is 5.75 Å². The topological polar surface area (TPSA) is 64.6 Å². The molecule has 0 aromatic heterocycles. The van der Waals surface area contributed by atoms with Gasteiger partial charge >= 0.3 is 5.97 Å². The van der Waals surface area contributed by atoms with Crippen LogP contribution < -0.4 is 10.1 Å². The van der Waals surface area contributed by atoms with E-state index in [1.54, 1.807) is 13.2 Å². The van der Waals surface area contributed by atoms with Crippen LogP contribution in [-0.2, 0) is 27.2 Å². The molecular formula is C19H20FNO4. The molecule has 6 heteroatoms. The predicted molar refractivity (Wildman–Crippen MR) is 90.8 cm³/mol. The first-order valence-electron chi connectivity index (χ1n) is 7.87. The number of methoxy groups -OCH3 is 1. The van der Waals surface area contributed by atoms with Gasteiger partial charge in [-0.05, 0) is 35.7 Å². The third-order valence-corrected chi connectivity index (χ3v) is 3.51. The first-order valence-corrected chi connectivity index (χ1v) is 7.87. The monoisotopic (exact) mass is 345 g/mol. The molecule has 0 fully saturated rings. The van der Waals surface area contributed by atoms with Crippen LogP contribution in [0.2, 0.25) is 0 Å². The summed E-state index contributed by atoms with van der Waals surface area (Å²) in [7, 11) is 1.59. The van der Waals surface area contributed by atoms with E-state index in [2.05, 4.69) is 5.32 Å². The Kier molecular flexibility index (Phi) is 6.95. The number of ether oxygens (including phenoxy) is 2. The van der Waals surface area contributed by atoms with Crippen LogP contribution in [-0.4, -0.2) is 32.1 Å². The van der Waals surface area contributed by atoms with Crippen LogP contribution in [0.1, 0.15) is 11.1 Å². The third-order valence-electron chi connectivity index (χ3n) is 3.51. The van der Waals surface area contributed by atoms with Gasteiger partial charge in [-0.2, -0.15) is 0 Å². The van der Waals surface area contributed by atoms with Crippen molar-refractivity contribution >= 4 is 11.9 Å². The Bertz CT molecular complexity index is 733. The molecule has 0 saturated heterocycles. The Labute approximate surface area is 145 Å². The van der Waals surface area contributed by atoms with Gasteiger partial charge in [0.05, 0.1) is 13.5 Å². The minimum atomic E-state index is -0.578. The van der Waals surface area contributed by atoms with Gasteiger partial charge in [0, 0.05) is 6.54 Å². The molecule has 0 bridgehead atoms. The van der Waals surface area contributed by atoms with Crippen LogP contribution in [0, 0.1) is 5.82 Å². The number of nitrogens with one attached hydrogen (secondary N) is 1. The summed E-state index contributed by atoms with van der Waals surface area (Å²) in [6, 6.07) is 13.2. The van der Waals surface area contributed by atoms with E-state index in [1.165, 1.54) is 18.2 Å². The number of carbonyl (C=O) groups is 2. The van der Waals surface area contributed by atoms with Crippen molar-refractivity contribution in [1.29, 1.82) is 0 Å². The van der Waals surface area contributed by atoms with E-state index >= 15 is 0 Å². The molecule has 2 aromatic rings. The Morgan fingerprint density at radius 3 is 2.68 bits per heavy atom. The standard InChI is InChI=1S/C19H20FNO4/c1-24-17-8-3-2-6-15(17)9-10-21-18(22)13-25-19(23)12-14-5-4-7-16(20)11-14/h2-8,11H,9-10,12-13H2,1H3,(H,21,22). The zero-order valence-electron chi connectivity index (χ0n) is 14.0. The fourth-order valence-corrected chi connectivity index (χ4v) is 2.31. The minimum Gasteiger partial charge on any atom is -0.496 e. The number of para-hydroxylation sites is 1. The van der Waals surface area contributed by atoms with Gasteiger partial charge in [-0.25, -0.2) is 4.39 Å². The van der Waals surface area contributed by atoms with Crippen molar-refractivity contribution in [2.24, 2.45) is 0 Å². The van der Waals surface area contributed by atoms with E-state index in [4.69, 9.17) is 9.47 Å². The van der Waals surface area contributed by atoms with Gasteiger partial charge in [0.2, 0.25) is 0 Å². The second-order valence-electron chi connectivity index (χ2n) is 5.38. The lowest BCUT2D eigenvalue weighted by atomic mass is 10.1. The van der Waals surface area contributed by atoms with Gasteiger partial charge in [0.1, 0.15) is 11.6 Å². The quantitative estimate of drug-likeness (QED) is 0.746. The molecule has 0 atom stereocenters. The minimum absolute atomic E-state index is 0.0771. The molecule has 0 aliphatic carbocycles. The zero-order valence-corrected chi connectivity index (χ0v) is 14.0. The summed E-state index contributed by atoms with van der Waals surface area (Å²) in [6.07, 6.45) is 0.527. The molecule has 0 unspecified atom stereocenters. The number of rotatable bonds is 8. The lowest BCUT2D eigenvalue weighted by Crippen LogP contribution is -2.30. The summed E-state index contributed by atoms with van der Waals surface area (Å²) < 4.78 is 23.2. The highest BCUT2D eigenvalue weighted by Crippen LogP contribution is 2.17. The number of esters is 1. The molecule has 5 nitrogen and oxygen atoms in total. The maximum atomic E-state index is 13.0. The molecular weight excluding hydrogens is 325 g/mol. The van der Waals surface area contributed by atoms with Gasteiger partial charge in [0.25, 0.3) is 5.91 Å². The Hall–Kier alpha value is -2.89. The third kappa shape index (κ3) is 6.25. The predicted octanol–water partition coefficient (Wildman–Crippen LogP) is 2.28. The highest BCUT2D eigenvalue weighted by molar-refractivity contribution is 5.81. The summed E-state index contributed by atoms with van der Waals surface area (Å²) in [5, 5.41) is 2.68. The Balaban J connectivity index is 1.69. The number of hydrogen-bond donors (Lipinski definition) is 1. The Morgan fingerprint density at radius 2 is 1.92 bits per heavy atom. The number of hydrogen-bond acceptors (Lipinski definition) is 4. The second-order valence-corrected chi connectivity index (χ2v) is 5.38. The molecule has 0 heterocycles. The molecule has 1 amide bonds. The summed E-state index contributed by atoms with van der Waals surface area (Å²) in [6.45, 7) is 0.0424. The summed E-state index contributed by atoms with van der Waals surface area (Å²) in [5.74, 6) is -0.620. The van der Waals surface area contributed by atoms with E-state index in [0.29, 0.717) is 18.5 Å². The number of amides is 1. The van der Waals surface area contributed by atoms with Gasteiger partial charge < -0.3 is 14.8 Å². The van der Waals surface area contributed by atoms with Gasteiger partial charge in [-0.15, -0.1) is 0 Å². The summed E-state index contributed by atoms with van der Waals surface area (Å²) in [4.78, 5) is 23.4.